The maximum absolute atomic E-state index is 13.1. The van der Waals surface area contributed by atoms with Crippen LogP contribution in [0.25, 0.3) is 11.1 Å². The maximum Gasteiger partial charge on any atom is 0.277 e. The average Bonchev–Trinajstić information content (AvgIpc) is 2.84. The molecule has 166 valence electrons. The Morgan fingerprint density at radius 3 is 1.97 bits per heavy atom. The first kappa shape index (κ1) is 21.8. The highest BCUT2D eigenvalue weighted by molar-refractivity contribution is 7.89. The summed E-state index contributed by atoms with van der Waals surface area (Å²) in [5.41, 5.74) is 3.22. The number of hydroxylamine groups is 1. The van der Waals surface area contributed by atoms with Crippen molar-refractivity contribution in [1.29, 1.82) is 0 Å². The first-order valence-corrected chi connectivity index (χ1v) is 11.2. The van der Waals surface area contributed by atoms with Crippen molar-refractivity contribution in [2.45, 2.75) is 4.90 Å². The Kier molecular flexibility index (Phi) is 6.12. The molecule has 0 radical (unpaired) electrons. The summed E-state index contributed by atoms with van der Waals surface area (Å²) in [5, 5.41) is 8.65. The summed E-state index contributed by atoms with van der Waals surface area (Å²) in [6, 6.07) is 12.5. The predicted molar refractivity (Wildman–Crippen MR) is 114 cm³/mol. The second-order valence-electron chi connectivity index (χ2n) is 7.14. The summed E-state index contributed by atoms with van der Waals surface area (Å²) < 4.78 is 40.6. The molecule has 2 heterocycles. The third kappa shape index (κ3) is 4.44. The second-order valence-corrected chi connectivity index (χ2v) is 9.07. The summed E-state index contributed by atoms with van der Waals surface area (Å²) >= 11 is 0. The van der Waals surface area contributed by atoms with Gasteiger partial charge in [-0.05, 0) is 35.4 Å². The number of anilines is 1. The van der Waals surface area contributed by atoms with Crippen LogP contribution in [-0.4, -0.2) is 60.0 Å². The number of hydrogen-bond donors (Lipinski definition) is 2. The number of carbonyl (C=O) groups excluding carboxylic acids is 1. The van der Waals surface area contributed by atoms with Gasteiger partial charge >= 0.3 is 0 Å². The van der Waals surface area contributed by atoms with Crippen LogP contribution in [-0.2, 0) is 10.0 Å². The van der Waals surface area contributed by atoms with Crippen molar-refractivity contribution >= 4 is 21.9 Å². The molecule has 1 aliphatic rings. The van der Waals surface area contributed by atoms with Crippen molar-refractivity contribution in [3.8, 4) is 11.1 Å². The number of hydrogen-bond acceptors (Lipinski definition) is 7. The molecular weight excluding hydrogens is 437 g/mol. The topological polar surface area (TPSA) is 116 Å². The van der Waals surface area contributed by atoms with Crippen molar-refractivity contribution in [1.82, 2.24) is 19.8 Å². The largest absolute Gasteiger partial charge is 0.338 e. The zero-order valence-electron chi connectivity index (χ0n) is 16.8. The Hall–Kier alpha value is -3.41. The number of aromatic nitrogens is 2. The van der Waals surface area contributed by atoms with Crippen LogP contribution in [0.5, 0.6) is 0 Å². The van der Waals surface area contributed by atoms with Crippen LogP contribution in [0, 0.1) is 5.82 Å². The van der Waals surface area contributed by atoms with Crippen LogP contribution in [0.1, 0.15) is 10.4 Å². The predicted octanol–water partition coefficient (Wildman–Crippen LogP) is 1.91. The molecule has 11 heteroatoms. The zero-order valence-corrected chi connectivity index (χ0v) is 17.7. The Morgan fingerprint density at radius 2 is 1.44 bits per heavy atom. The van der Waals surface area contributed by atoms with Crippen LogP contribution >= 0.6 is 0 Å². The molecule has 0 bridgehead atoms. The number of amides is 1. The molecule has 0 atom stereocenters. The third-order valence-electron chi connectivity index (χ3n) is 5.19. The van der Waals surface area contributed by atoms with E-state index in [-0.39, 0.29) is 29.4 Å². The molecule has 4 rings (SSSR count). The molecule has 1 saturated heterocycles. The molecule has 32 heavy (non-hydrogen) atoms. The fourth-order valence-corrected chi connectivity index (χ4v) is 4.83. The third-order valence-corrected chi connectivity index (χ3v) is 7.11. The Morgan fingerprint density at radius 1 is 0.906 bits per heavy atom. The van der Waals surface area contributed by atoms with Gasteiger partial charge in [-0.3, -0.25) is 10.0 Å². The quantitative estimate of drug-likeness (QED) is 0.444. The van der Waals surface area contributed by atoms with E-state index in [1.54, 1.807) is 36.4 Å². The van der Waals surface area contributed by atoms with Gasteiger partial charge in [-0.15, -0.1) is 0 Å². The molecule has 0 spiro atoms. The average molecular weight is 457 g/mol. The van der Waals surface area contributed by atoms with Gasteiger partial charge in [-0.2, -0.15) is 4.31 Å². The minimum Gasteiger partial charge on any atom is -0.338 e. The van der Waals surface area contributed by atoms with Gasteiger partial charge < -0.3 is 4.90 Å². The van der Waals surface area contributed by atoms with E-state index in [0.717, 1.165) is 11.1 Å². The van der Waals surface area contributed by atoms with Gasteiger partial charge in [0.2, 0.25) is 16.0 Å². The highest BCUT2D eigenvalue weighted by Crippen LogP contribution is 2.24. The van der Waals surface area contributed by atoms with Gasteiger partial charge in [-0.25, -0.2) is 28.3 Å². The van der Waals surface area contributed by atoms with E-state index >= 15 is 0 Å². The van der Waals surface area contributed by atoms with Crippen molar-refractivity contribution in [2.24, 2.45) is 0 Å². The van der Waals surface area contributed by atoms with Crippen molar-refractivity contribution < 1.29 is 22.8 Å². The number of nitrogens with zero attached hydrogens (tertiary/aromatic N) is 4. The monoisotopic (exact) mass is 457 g/mol. The molecule has 2 aromatic carbocycles. The molecule has 0 saturated carbocycles. The molecule has 3 aromatic rings. The van der Waals surface area contributed by atoms with E-state index in [1.807, 2.05) is 4.90 Å². The molecule has 0 aliphatic carbocycles. The van der Waals surface area contributed by atoms with E-state index in [1.165, 1.54) is 34.3 Å². The number of halogens is 1. The maximum atomic E-state index is 13.1. The summed E-state index contributed by atoms with van der Waals surface area (Å²) in [6.07, 6.45) is 2.58. The second kappa shape index (κ2) is 8.99. The number of carbonyl (C=O) groups is 1. The molecule has 1 aromatic heterocycles. The van der Waals surface area contributed by atoms with Crippen molar-refractivity contribution in [3.63, 3.8) is 0 Å². The van der Waals surface area contributed by atoms with Crippen LogP contribution in [0.4, 0.5) is 10.3 Å². The number of sulfonamides is 1. The lowest BCUT2D eigenvalue weighted by atomic mass is 10.1. The van der Waals surface area contributed by atoms with Gasteiger partial charge in [0.1, 0.15) is 5.82 Å². The summed E-state index contributed by atoms with van der Waals surface area (Å²) in [5.74, 6) is -0.665. The Bertz CT molecular complexity index is 1190. The van der Waals surface area contributed by atoms with Crippen molar-refractivity contribution in [2.75, 3.05) is 31.1 Å². The molecule has 9 nitrogen and oxygen atoms in total. The van der Waals surface area contributed by atoms with Gasteiger partial charge in [-0.1, -0.05) is 24.3 Å². The SMILES string of the molecule is O=C(NO)c1cnc(N2CCN(S(=O)(=O)c3ccc(-c4ccc(F)cc4)cc3)CC2)nc1. The van der Waals surface area contributed by atoms with Gasteiger partial charge in [0.05, 0.1) is 10.5 Å². The smallest absolute Gasteiger partial charge is 0.277 e. The van der Waals surface area contributed by atoms with Crippen LogP contribution in [0.2, 0.25) is 0 Å². The van der Waals surface area contributed by atoms with Crippen molar-refractivity contribution in [3.05, 3.63) is 72.3 Å². The zero-order chi connectivity index (χ0) is 22.7. The number of piperazine rings is 1. The van der Waals surface area contributed by atoms with Crippen LogP contribution in [0.3, 0.4) is 0 Å². The minimum atomic E-state index is -3.67. The standard InChI is InChI=1S/C21H20FN5O4S/c22-18-5-1-15(2-6-18)16-3-7-19(8-4-16)32(30,31)27-11-9-26(10-12-27)21-23-13-17(14-24-21)20(28)25-29/h1-8,13-14,29H,9-12H2,(H,25,28). The van der Waals surface area contributed by atoms with Gasteiger partial charge in [0.15, 0.2) is 0 Å². The van der Waals surface area contributed by atoms with E-state index in [2.05, 4.69) is 9.97 Å². The van der Waals surface area contributed by atoms with E-state index in [0.29, 0.717) is 19.0 Å². The number of rotatable bonds is 5. The molecule has 0 unspecified atom stereocenters. The Labute approximate surface area is 184 Å². The number of nitrogens with one attached hydrogen (secondary N) is 1. The lowest BCUT2D eigenvalue weighted by Gasteiger charge is -2.34. The van der Waals surface area contributed by atoms with Gasteiger partial charge in [0, 0.05) is 38.6 Å². The first-order valence-electron chi connectivity index (χ1n) is 9.76. The normalized spacial score (nSPS) is 14.9. The Balaban J connectivity index is 1.42. The summed E-state index contributed by atoms with van der Waals surface area (Å²) in [6.45, 7) is 1.28. The molecule has 1 aliphatic heterocycles. The number of benzene rings is 2. The molecule has 1 amide bonds. The van der Waals surface area contributed by atoms with Crippen LogP contribution < -0.4 is 10.4 Å². The van der Waals surface area contributed by atoms with Crippen LogP contribution in [0.15, 0.2) is 65.8 Å². The molecular formula is C21H20FN5O4S. The summed E-state index contributed by atoms with van der Waals surface area (Å²) in [7, 11) is -3.67. The fourth-order valence-electron chi connectivity index (χ4n) is 3.41. The fraction of sp³-hybridized carbons (Fsp3) is 0.190. The molecule has 2 N–H and O–H groups in total. The minimum absolute atomic E-state index is 0.113. The van der Waals surface area contributed by atoms with E-state index in [4.69, 9.17) is 5.21 Å². The lowest BCUT2D eigenvalue weighted by molar-refractivity contribution is 0.0705. The highest BCUT2D eigenvalue weighted by Gasteiger charge is 2.29. The summed E-state index contributed by atoms with van der Waals surface area (Å²) in [4.78, 5) is 21.6. The van der Waals surface area contributed by atoms with E-state index < -0.39 is 15.9 Å². The van der Waals surface area contributed by atoms with Gasteiger partial charge in [0.25, 0.3) is 5.91 Å². The lowest BCUT2D eigenvalue weighted by Crippen LogP contribution is -2.49. The highest BCUT2D eigenvalue weighted by atomic mass is 32.2. The van der Waals surface area contributed by atoms with E-state index in [9.17, 15) is 17.6 Å². The molecule has 1 fully saturated rings. The first-order chi connectivity index (χ1) is 15.4.